The van der Waals surface area contributed by atoms with Crippen molar-refractivity contribution in [3.8, 4) is 0 Å². The Bertz CT molecular complexity index is 399. The molecule has 1 aromatic heterocycles. The Balaban J connectivity index is 2.10. The molecule has 0 spiro atoms. The van der Waals surface area contributed by atoms with Crippen molar-refractivity contribution in [1.29, 1.82) is 0 Å². The summed E-state index contributed by atoms with van der Waals surface area (Å²) in [4.78, 5) is 1.57. The van der Waals surface area contributed by atoms with Crippen molar-refractivity contribution < 1.29 is 8.42 Å². The summed E-state index contributed by atoms with van der Waals surface area (Å²) >= 11 is 0. The van der Waals surface area contributed by atoms with Gasteiger partial charge in [-0.2, -0.15) is 19.3 Å². The first-order chi connectivity index (χ1) is 6.57. The summed E-state index contributed by atoms with van der Waals surface area (Å²) < 4.78 is 23.9. The molecule has 0 amide bonds. The number of nitrogens with zero attached hydrogens (tertiary/aromatic N) is 4. The monoisotopic (exact) mass is 216 g/mol. The molecule has 6 nitrogen and oxygen atoms in total. The molecule has 7 heteroatoms. The predicted octanol–water partition coefficient (Wildman–Crippen LogP) is -0.516. The van der Waals surface area contributed by atoms with Crippen LogP contribution >= 0.6 is 0 Å². The Kier molecular flexibility index (Phi) is 2.28. The van der Waals surface area contributed by atoms with Gasteiger partial charge in [-0.3, -0.25) is 0 Å². The molecule has 2 heterocycles. The van der Waals surface area contributed by atoms with Crippen LogP contribution in [0.4, 0.5) is 0 Å². The molecule has 0 bridgehead atoms. The Labute approximate surface area is 82.6 Å². The largest absolute Gasteiger partial charge is 0.213 e. The zero-order valence-electron chi connectivity index (χ0n) is 7.87. The van der Waals surface area contributed by atoms with Crippen LogP contribution in [0.25, 0.3) is 0 Å². The van der Waals surface area contributed by atoms with Crippen LogP contribution < -0.4 is 0 Å². The molecule has 1 aromatic rings. The van der Waals surface area contributed by atoms with Gasteiger partial charge < -0.3 is 0 Å². The lowest BCUT2D eigenvalue weighted by Gasteiger charge is -2.12. The maximum atomic E-state index is 11.2. The van der Waals surface area contributed by atoms with Crippen LogP contribution in [-0.2, 0) is 10.0 Å². The van der Waals surface area contributed by atoms with E-state index in [4.69, 9.17) is 0 Å². The van der Waals surface area contributed by atoms with Crippen molar-refractivity contribution in [2.45, 2.75) is 12.5 Å². The van der Waals surface area contributed by atoms with Gasteiger partial charge in [0.1, 0.15) is 0 Å². The van der Waals surface area contributed by atoms with Crippen molar-refractivity contribution in [2.75, 3.05) is 19.3 Å². The molecule has 0 radical (unpaired) electrons. The summed E-state index contributed by atoms with van der Waals surface area (Å²) in [6, 6.07) is 0.0831. The minimum atomic E-state index is -3.06. The standard InChI is InChI=1S/C7H12N4O2S/c1-14(12,13)10-5-2-7(6-10)11-8-3-4-9-11/h3-4,7H,2,5-6H2,1H3. The second-order valence-corrected chi connectivity index (χ2v) is 5.40. The van der Waals surface area contributed by atoms with E-state index in [0.717, 1.165) is 6.42 Å². The summed E-state index contributed by atoms with van der Waals surface area (Å²) in [7, 11) is -3.06. The molecule has 1 aliphatic heterocycles. The normalized spacial score (nSPS) is 24.2. The van der Waals surface area contributed by atoms with E-state index in [-0.39, 0.29) is 6.04 Å². The van der Waals surface area contributed by atoms with E-state index in [0.29, 0.717) is 13.1 Å². The molecule has 1 atom stereocenters. The zero-order chi connectivity index (χ0) is 10.2. The predicted molar refractivity (Wildman–Crippen MR) is 50.1 cm³/mol. The minimum absolute atomic E-state index is 0.0831. The van der Waals surface area contributed by atoms with Crippen LogP contribution in [-0.4, -0.2) is 47.1 Å². The maximum absolute atomic E-state index is 11.2. The number of aromatic nitrogens is 3. The highest BCUT2D eigenvalue weighted by Gasteiger charge is 2.30. The first-order valence-electron chi connectivity index (χ1n) is 4.38. The minimum Gasteiger partial charge on any atom is -0.213 e. The van der Waals surface area contributed by atoms with E-state index in [9.17, 15) is 8.42 Å². The fraction of sp³-hybridized carbons (Fsp3) is 0.714. The molecular formula is C7H12N4O2S. The van der Waals surface area contributed by atoms with Gasteiger partial charge in [-0.25, -0.2) is 8.42 Å². The highest BCUT2D eigenvalue weighted by atomic mass is 32.2. The average Bonchev–Trinajstić information content (AvgIpc) is 2.73. The lowest BCUT2D eigenvalue weighted by Crippen LogP contribution is -2.28. The van der Waals surface area contributed by atoms with Crippen LogP contribution in [0.3, 0.4) is 0 Å². The highest BCUT2D eigenvalue weighted by molar-refractivity contribution is 7.88. The number of rotatable bonds is 2. The van der Waals surface area contributed by atoms with E-state index in [1.807, 2.05) is 0 Å². The van der Waals surface area contributed by atoms with Gasteiger partial charge in [0.2, 0.25) is 10.0 Å². The molecule has 14 heavy (non-hydrogen) atoms. The van der Waals surface area contributed by atoms with Gasteiger partial charge in [0.05, 0.1) is 24.7 Å². The second-order valence-electron chi connectivity index (χ2n) is 3.41. The molecule has 78 valence electrons. The fourth-order valence-electron chi connectivity index (χ4n) is 1.61. The van der Waals surface area contributed by atoms with Gasteiger partial charge in [-0.1, -0.05) is 0 Å². The number of hydrogen-bond donors (Lipinski definition) is 0. The molecule has 0 aromatic carbocycles. The second kappa shape index (κ2) is 3.32. The zero-order valence-corrected chi connectivity index (χ0v) is 8.68. The lowest BCUT2D eigenvalue weighted by molar-refractivity contribution is 0.404. The summed E-state index contributed by atoms with van der Waals surface area (Å²) in [6.45, 7) is 1.04. The van der Waals surface area contributed by atoms with Crippen LogP contribution in [0, 0.1) is 0 Å². The smallest absolute Gasteiger partial charge is 0.211 e. The van der Waals surface area contributed by atoms with E-state index >= 15 is 0 Å². The first kappa shape index (κ1) is 9.60. The molecule has 0 aliphatic carbocycles. The fourth-order valence-corrected chi connectivity index (χ4v) is 2.49. The molecule has 1 unspecified atom stereocenters. The van der Waals surface area contributed by atoms with Crippen molar-refractivity contribution >= 4 is 10.0 Å². The molecule has 1 aliphatic rings. The topological polar surface area (TPSA) is 68.1 Å². The van der Waals surface area contributed by atoms with E-state index in [2.05, 4.69) is 10.2 Å². The highest BCUT2D eigenvalue weighted by Crippen LogP contribution is 2.21. The van der Waals surface area contributed by atoms with Crippen LogP contribution in [0.2, 0.25) is 0 Å². The molecule has 0 N–H and O–H groups in total. The van der Waals surface area contributed by atoms with Gasteiger partial charge in [0.15, 0.2) is 0 Å². The Morgan fingerprint density at radius 1 is 1.36 bits per heavy atom. The van der Waals surface area contributed by atoms with Crippen molar-refractivity contribution in [2.24, 2.45) is 0 Å². The van der Waals surface area contributed by atoms with Crippen molar-refractivity contribution in [1.82, 2.24) is 19.3 Å². The van der Waals surface area contributed by atoms with E-state index < -0.39 is 10.0 Å². The Morgan fingerprint density at radius 3 is 2.50 bits per heavy atom. The summed E-state index contributed by atoms with van der Waals surface area (Å²) in [5, 5.41) is 8.00. The van der Waals surface area contributed by atoms with E-state index in [1.165, 1.54) is 10.6 Å². The summed E-state index contributed by atoms with van der Waals surface area (Å²) in [5.74, 6) is 0. The van der Waals surface area contributed by atoms with Crippen LogP contribution in [0.1, 0.15) is 12.5 Å². The number of sulfonamides is 1. The van der Waals surface area contributed by atoms with Crippen molar-refractivity contribution in [3.63, 3.8) is 0 Å². The van der Waals surface area contributed by atoms with Crippen LogP contribution in [0.5, 0.6) is 0 Å². The van der Waals surface area contributed by atoms with Crippen molar-refractivity contribution in [3.05, 3.63) is 12.4 Å². The van der Waals surface area contributed by atoms with Gasteiger partial charge in [-0.15, -0.1) is 0 Å². The number of hydrogen-bond acceptors (Lipinski definition) is 4. The van der Waals surface area contributed by atoms with Gasteiger partial charge in [0.25, 0.3) is 0 Å². The summed E-state index contributed by atoms with van der Waals surface area (Å²) in [5.41, 5.74) is 0. The third-order valence-corrected chi connectivity index (χ3v) is 3.63. The maximum Gasteiger partial charge on any atom is 0.211 e. The van der Waals surface area contributed by atoms with E-state index in [1.54, 1.807) is 17.2 Å². The Morgan fingerprint density at radius 2 is 2.00 bits per heavy atom. The first-order valence-corrected chi connectivity index (χ1v) is 6.23. The molecule has 0 saturated carbocycles. The third kappa shape index (κ3) is 1.78. The molecule has 1 fully saturated rings. The Hall–Kier alpha value is -0.950. The molecular weight excluding hydrogens is 204 g/mol. The summed E-state index contributed by atoms with van der Waals surface area (Å²) in [6.07, 6.45) is 5.21. The van der Waals surface area contributed by atoms with Gasteiger partial charge >= 0.3 is 0 Å². The molecule has 1 saturated heterocycles. The van der Waals surface area contributed by atoms with Gasteiger partial charge in [-0.05, 0) is 6.42 Å². The van der Waals surface area contributed by atoms with Gasteiger partial charge in [0, 0.05) is 13.1 Å². The third-order valence-electron chi connectivity index (χ3n) is 2.36. The quantitative estimate of drug-likeness (QED) is 0.667. The lowest BCUT2D eigenvalue weighted by atomic mass is 10.3. The SMILES string of the molecule is CS(=O)(=O)N1CCC(n2nccn2)C1. The molecule has 2 rings (SSSR count). The van der Waals surface area contributed by atoms with Crippen LogP contribution in [0.15, 0.2) is 12.4 Å². The average molecular weight is 216 g/mol.